The van der Waals surface area contributed by atoms with Crippen LogP contribution in [0.25, 0.3) is 0 Å². The first-order valence-electron chi connectivity index (χ1n) is 6.66. The smallest absolute Gasteiger partial charge is 0.0535 e. The fraction of sp³-hybridized carbons (Fsp3) is 0.600. The van der Waals surface area contributed by atoms with Crippen molar-refractivity contribution < 1.29 is 4.74 Å². The van der Waals surface area contributed by atoms with Gasteiger partial charge in [-0.15, -0.1) is 0 Å². The largest absolute Gasteiger partial charge is 0.381 e. The van der Waals surface area contributed by atoms with Gasteiger partial charge in [-0.05, 0) is 37.3 Å². The second-order valence-corrected chi connectivity index (χ2v) is 5.63. The molecule has 2 aliphatic rings. The summed E-state index contributed by atoms with van der Waals surface area (Å²) in [5.41, 5.74) is 9.24. The maximum Gasteiger partial charge on any atom is 0.0535 e. The Bertz CT molecular complexity index is 386. The van der Waals surface area contributed by atoms with Crippen LogP contribution in [0.5, 0.6) is 0 Å². The highest BCUT2D eigenvalue weighted by molar-refractivity contribution is 5.36. The van der Waals surface area contributed by atoms with E-state index in [0.717, 1.165) is 19.6 Å². The van der Waals surface area contributed by atoms with Gasteiger partial charge >= 0.3 is 0 Å². The molecule has 0 spiro atoms. The Balaban J connectivity index is 1.80. The number of rotatable bonds is 3. The molecule has 92 valence electrons. The van der Waals surface area contributed by atoms with Gasteiger partial charge in [0.05, 0.1) is 6.61 Å². The normalized spacial score (nSPS) is 28.0. The van der Waals surface area contributed by atoms with Crippen molar-refractivity contribution in [1.29, 1.82) is 0 Å². The van der Waals surface area contributed by atoms with E-state index < -0.39 is 0 Å². The Hall–Kier alpha value is -0.860. The van der Waals surface area contributed by atoms with Crippen LogP contribution < -0.4 is 5.73 Å². The Morgan fingerprint density at radius 3 is 2.47 bits per heavy atom. The first-order chi connectivity index (χ1) is 8.22. The SMILES string of the molecule is CC(N)C1(c2ccc(C3CCOC3)cc2)CC1. The Morgan fingerprint density at radius 1 is 1.29 bits per heavy atom. The second-order valence-electron chi connectivity index (χ2n) is 5.63. The van der Waals surface area contributed by atoms with Crippen molar-refractivity contribution in [1.82, 2.24) is 0 Å². The first kappa shape index (κ1) is 11.2. The van der Waals surface area contributed by atoms with Crippen LogP contribution in [0.15, 0.2) is 24.3 Å². The highest BCUT2D eigenvalue weighted by Crippen LogP contribution is 2.50. The minimum atomic E-state index is 0.267. The lowest BCUT2D eigenvalue weighted by molar-refractivity contribution is 0.194. The van der Waals surface area contributed by atoms with E-state index in [1.54, 1.807) is 0 Å². The van der Waals surface area contributed by atoms with E-state index in [9.17, 15) is 0 Å². The summed E-state index contributed by atoms with van der Waals surface area (Å²) >= 11 is 0. The molecule has 2 nitrogen and oxygen atoms in total. The van der Waals surface area contributed by atoms with Crippen molar-refractivity contribution in [3.63, 3.8) is 0 Å². The quantitative estimate of drug-likeness (QED) is 0.867. The van der Waals surface area contributed by atoms with Gasteiger partial charge in [-0.25, -0.2) is 0 Å². The highest BCUT2D eigenvalue weighted by atomic mass is 16.5. The minimum absolute atomic E-state index is 0.267. The van der Waals surface area contributed by atoms with Crippen LogP contribution in [0.3, 0.4) is 0 Å². The molecule has 2 fully saturated rings. The zero-order valence-corrected chi connectivity index (χ0v) is 10.5. The average Bonchev–Trinajstić information content (AvgIpc) is 2.98. The molecule has 0 aromatic heterocycles. The molecule has 1 aliphatic heterocycles. The van der Waals surface area contributed by atoms with Gasteiger partial charge in [0.15, 0.2) is 0 Å². The van der Waals surface area contributed by atoms with Crippen LogP contribution in [0.4, 0.5) is 0 Å². The lowest BCUT2D eigenvalue weighted by Crippen LogP contribution is -2.31. The van der Waals surface area contributed by atoms with Gasteiger partial charge < -0.3 is 10.5 Å². The van der Waals surface area contributed by atoms with Gasteiger partial charge in [0.1, 0.15) is 0 Å². The maximum atomic E-state index is 6.10. The van der Waals surface area contributed by atoms with Gasteiger partial charge in [0, 0.05) is 24.0 Å². The van der Waals surface area contributed by atoms with Crippen LogP contribution in [-0.2, 0) is 10.2 Å². The second kappa shape index (κ2) is 4.11. The van der Waals surface area contributed by atoms with Crippen molar-refractivity contribution in [2.45, 2.75) is 43.6 Å². The van der Waals surface area contributed by atoms with Gasteiger partial charge in [0.2, 0.25) is 0 Å². The van der Waals surface area contributed by atoms with E-state index in [1.165, 1.54) is 24.0 Å². The molecule has 0 amide bonds. The summed E-state index contributed by atoms with van der Waals surface area (Å²) in [5.74, 6) is 0.606. The molecule has 2 heteroatoms. The number of hydrogen-bond donors (Lipinski definition) is 1. The molecule has 1 saturated heterocycles. The maximum absolute atomic E-state index is 6.10. The molecule has 2 N–H and O–H groups in total. The van der Waals surface area contributed by atoms with E-state index in [1.807, 2.05) is 0 Å². The van der Waals surface area contributed by atoms with E-state index >= 15 is 0 Å². The first-order valence-corrected chi connectivity index (χ1v) is 6.66. The van der Waals surface area contributed by atoms with Crippen molar-refractivity contribution in [3.05, 3.63) is 35.4 Å². The molecule has 1 aromatic carbocycles. The van der Waals surface area contributed by atoms with Gasteiger partial charge in [-0.3, -0.25) is 0 Å². The molecule has 1 aliphatic carbocycles. The number of nitrogens with two attached hydrogens (primary N) is 1. The topological polar surface area (TPSA) is 35.2 Å². The third-order valence-corrected chi connectivity index (χ3v) is 4.55. The lowest BCUT2D eigenvalue weighted by atomic mass is 9.87. The molecule has 1 aromatic rings. The van der Waals surface area contributed by atoms with E-state index in [2.05, 4.69) is 31.2 Å². The minimum Gasteiger partial charge on any atom is -0.381 e. The molecular weight excluding hydrogens is 210 g/mol. The molecule has 1 heterocycles. The Kier molecular flexibility index (Phi) is 2.72. The van der Waals surface area contributed by atoms with E-state index in [-0.39, 0.29) is 11.5 Å². The fourth-order valence-corrected chi connectivity index (χ4v) is 3.03. The number of hydrogen-bond acceptors (Lipinski definition) is 2. The van der Waals surface area contributed by atoms with E-state index in [0.29, 0.717) is 5.92 Å². The molecule has 0 bridgehead atoms. The summed E-state index contributed by atoms with van der Waals surface area (Å²) in [4.78, 5) is 0. The van der Waals surface area contributed by atoms with Gasteiger partial charge in [-0.1, -0.05) is 24.3 Å². The molecule has 17 heavy (non-hydrogen) atoms. The van der Waals surface area contributed by atoms with Crippen LogP contribution in [0.1, 0.15) is 43.2 Å². The fourth-order valence-electron chi connectivity index (χ4n) is 3.03. The number of ether oxygens (including phenoxy) is 1. The van der Waals surface area contributed by atoms with Crippen molar-refractivity contribution in [2.75, 3.05) is 13.2 Å². The summed E-state index contributed by atoms with van der Waals surface area (Å²) in [7, 11) is 0. The zero-order valence-electron chi connectivity index (χ0n) is 10.5. The van der Waals surface area contributed by atoms with Gasteiger partial charge in [-0.2, -0.15) is 0 Å². The molecule has 2 atom stereocenters. The standard InChI is InChI=1S/C15H21NO/c1-11(16)15(7-8-15)14-4-2-12(3-5-14)13-6-9-17-10-13/h2-5,11,13H,6-10,16H2,1H3. The summed E-state index contributed by atoms with van der Waals surface area (Å²) < 4.78 is 5.44. The third kappa shape index (κ3) is 1.90. The van der Waals surface area contributed by atoms with Crippen LogP contribution in [-0.4, -0.2) is 19.3 Å². The molecule has 2 unspecified atom stereocenters. The summed E-state index contributed by atoms with van der Waals surface area (Å²) in [6.07, 6.45) is 3.66. The zero-order chi connectivity index (χ0) is 11.9. The predicted octanol–water partition coefficient (Wildman–Crippen LogP) is 2.57. The van der Waals surface area contributed by atoms with Crippen LogP contribution >= 0.6 is 0 Å². The molecular formula is C15H21NO. The van der Waals surface area contributed by atoms with Crippen molar-refractivity contribution >= 4 is 0 Å². The average molecular weight is 231 g/mol. The molecule has 3 rings (SSSR count). The van der Waals surface area contributed by atoms with Crippen molar-refractivity contribution in [3.8, 4) is 0 Å². The Morgan fingerprint density at radius 2 is 2.00 bits per heavy atom. The van der Waals surface area contributed by atoms with E-state index in [4.69, 9.17) is 10.5 Å². The summed E-state index contributed by atoms with van der Waals surface area (Å²) in [6, 6.07) is 9.38. The predicted molar refractivity (Wildman–Crippen MR) is 69.2 cm³/mol. The third-order valence-electron chi connectivity index (χ3n) is 4.55. The van der Waals surface area contributed by atoms with Crippen LogP contribution in [0.2, 0.25) is 0 Å². The summed E-state index contributed by atoms with van der Waals surface area (Å²) in [5, 5.41) is 0. The highest BCUT2D eigenvalue weighted by Gasteiger charge is 2.47. The summed E-state index contributed by atoms with van der Waals surface area (Å²) in [6.45, 7) is 3.93. The van der Waals surface area contributed by atoms with Gasteiger partial charge in [0.25, 0.3) is 0 Å². The lowest BCUT2D eigenvalue weighted by Gasteiger charge is -2.20. The number of benzene rings is 1. The van der Waals surface area contributed by atoms with Crippen molar-refractivity contribution in [2.24, 2.45) is 5.73 Å². The Labute approximate surface area is 103 Å². The monoisotopic (exact) mass is 231 g/mol. The van der Waals surface area contributed by atoms with Crippen LogP contribution in [0, 0.1) is 0 Å². The molecule has 1 saturated carbocycles. The molecule has 0 radical (unpaired) electrons.